The summed E-state index contributed by atoms with van der Waals surface area (Å²) in [7, 11) is 0. The van der Waals surface area contributed by atoms with Gasteiger partial charge < -0.3 is 15.4 Å². The summed E-state index contributed by atoms with van der Waals surface area (Å²) in [6, 6.07) is 7.58. The molecule has 2 N–H and O–H groups in total. The summed E-state index contributed by atoms with van der Waals surface area (Å²) in [5.74, 6) is 0.863. The van der Waals surface area contributed by atoms with Crippen LogP contribution in [-0.4, -0.2) is 25.1 Å². The summed E-state index contributed by atoms with van der Waals surface area (Å²) in [6.45, 7) is 5.73. The molecule has 1 fully saturated rings. The normalized spacial score (nSPS) is 19.2. The number of carbonyl (C=O) groups is 1. The van der Waals surface area contributed by atoms with Crippen LogP contribution in [0.15, 0.2) is 24.3 Å². The Hall–Kier alpha value is -1.55. The van der Waals surface area contributed by atoms with Gasteiger partial charge in [0.1, 0.15) is 5.75 Å². The van der Waals surface area contributed by atoms with Crippen LogP contribution in [0.4, 0.5) is 5.69 Å². The molecule has 0 aliphatic carbocycles. The summed E-state index contributed by atoms with van der Waals surface area (Å²) >= 11 is 0. The minimum atomic E-state index is 0.0563. The van der Waals surface area contributed by atoms with Crippen molar-refractivity contribution in [3.8, 4) is 5.75 Å². The molecule has 1 unspecified atom stereocenters. The van der Waals surface area contributed by atoms with E-state index in [0.717, 1.165) is 37.4 Å². The summed E-state index contributed by atoms with van der Waals surface area (Å²) in [6.07, 6.45) is 2.10. The van der Waals surface area contributed by atoms with Crippen LogP contribution in [0.5, 0.6) is 5.75 Å². The van der Waals surface area contributed by atoms with Crippen LogP contribution < -0.4 is 15.4 Å². The van der Waals surface area contributed by atoms with Gasteiger partial charge in [-0.1, -0.05) is 12.1 Å². The number of ether oxygens (including phenoxy) is 1. The fourth-order valence-corrected chi connectivity index (χ4v) is 2.24. The molecule has 104 valence electrons. The summed E-state index contributed by atoms with van der Waals surface area (Å²) < 4.78 is 5.70. The van der Waals surface area contributed by atoms with Gasteiger partial charge in [-0.25, -0.2) is 0 Å². The van der Waals surface area contributed by atoms with E-state index in [0.29, 0.717) is 0 Å². The Morgan fingerprint density at radius 3 is 2.89 bits per heavy atom. The average molecular weight is 262 g/mol. The van der Waals surface area contributed by atoms with E-state index in [1.54, 1.807) is 0 Å². The Morgan fingerprint density at radius 1 is 1.42 bits per heavy atom. The van der Waals surface area contributed by atoms with Crippen molar-refractivity contribution in [3.05, 3.63) is 24.3 Å². The second-order valence-electron chi connectivity index (χ2n) is 5.20. The fourth-order valence-electron chi connectivity index (χ4n) is 2.24. The van der Waals surface area contributed by atoms with E-state index in [-0.39, 0.29) is 17.9 Å². The van der Waals surface area contributed by atoms with Crippen LogP contribution >= 0.6 is 0 Å². The van der Waals surface area contributed by atoms with Crippen LogP contribution in [0.25, 0.3) is 0 Å². The lowest BCUT2D eigenvalue weighted by atomic mass is 9.99. The van der Waals surface area contributed by atoms with Crippen LogP contribution in [0.3, 0.4) is 0 Å². The second-order valence-corrected chi connectivity index (χ2v) is 5.20. The van der Waals surface area contributed by atoms with Crippen LogP contribution in [0.1, 0.15) is 26.7 Å². The maximum atomic E-state index is 12.2. The SMILES string of the molecule is CC(C)Oc1ccccc1NC(=O)C1CCCNC1. The lowest BCUT2D eigenvalue weighted by molar-refractivity contribution is -0.120. The largest absolute Gasteiger partial charge is 0.489 e. The Morgan fingerprint density at radius 2 is 2.21 bits per heavy atom. The van der Waals surface area contributed by atoms with Gasteiger partial charge in [-0.2, -0.15) is 0 Å². The topological polar surface area (TPSA) is 50.4 Å². The Balaban J connectivity index is 2.03. The van der Waals surface area contributed by atoms with Crippen molar-refractivity contribution in [2.45, 2.75) is 32.8 Å². The van der Waals surface area contributed by atoms with Crippen LogP contribution in [-0.2, 0) is 4.79 Å². The van der Waals surface area contributed by atoms with Gasteiger partial charge in [-0.15, -0.1) is 0 Å². The number of hydrogen-bond acceptors (Lipinski definition) is 3. The Kier molecular flexibility index (Phi) is 4.80. The van der Waals surface area contributed by atoms with Crippen molar-refractivity contribution in [3.63, 3.8) is 0 Å². The number of amides is 1. The van der Waals surface area contributed by atoms with Gasteiger partial charge in [0, 0.05) is 6.54 Å². The van der Waals surface area contributed by atoms with Crippen molar-refractivity contribution in [2.24, 2.45) is 5.92 Å². The predicted octanol–water partition coefficient (Wildman–Crippen LogP) is 2.41. The zero-order valence-electron chi connectivity index (χ0n) is 11.6. The van der Waals surface area contributed by atoms with E-state index in [9.17, 15) is 4.79 Å². The van der Waals surface area contributed by atoms with Gasteiger partial charge in [-0.3, -0.25) is 4.79 Å². The molecule has 4 heteroatoms. The third kappa shape index (κ3) is 3.96. The number of piperidine rings is 1. The van der Waals surface area contributed by atoms with E-state index < -0.39 is 0 Å². The number of rotatable bonds is 4. The second kappa shape index (κ2) is 6.57. The fraction of sp³-hybridized carbons (Fsp3) is 0.533. The average Bonchev–Trinajstić information content (AvgIpc) is 2.41. The van der Waals surface area contributed by atoms with E-state index in [2.05, 4.69) is 10.6 Å². The molecule has 4 nitrogen and oxygen atoms in total. The molecule has 1 amide bonds. The number of para-hydroxylation sites is 2. The van der Waals surface area contributed by atoms with Gasteiger partial charge in [-0.05, 0) is 45.4 Å². The zero-order valence-corrected chi connectivity index (χ0v) is 11.6. The molecule has 19 heavy (non-hydrogen) atoms. The molecule has 1 atom stereocenters. The summed E-state index contributed by atoms with van der Waals surface area (Å²) in [5.41, 5.74) is 0.756. The predicted molar refractivity (Wildman–Crippen MR) is 76.4 cm³/mol. The van der Waals surface area contributed by atoms with Crippen molar-refractivity contribution in [2.75, 3.05) is 18.4 Å². The van der Waals surface area contributed by atoms with E-state index in [1.807, 2.05) is 38.1 Å². The lowest BCUT2D eigenvalue weighted by Gasteiger charge is -2.22. The Labute approximate surface area is 114 Å². The smallest absolute Gasteiger partial charge is 0.228 e. The zero-order chi connectivity index (χ0) is 13.7. The molecule has 1 aliphatic heterocycles. The number of hydrogen-bond donors (Lipinski definition) is 2. The molecule has 1 aromatic carbocycles. The van der Waals surface area contributed by atoms with Gasteiger partial charge in [0.25, 0.3) is 0 Å². The van der Waals surface area contributed by atoms with Crippen molar-refractivity contribution in [1.29, 1.82) is 0 Å². The maximum absolute atomic E-state index is 12.2. The van der Waals surface area contributed by atoms with E-state index in [4.69, 9.17) is 4.74 Å². The third-order valence-electron chi connectivity index (χ3n) is 3.18. The monoisotopic (exact) mass is 262 g/mol. The van der Waals surface area contributed by atoms with Gasteiger partial charge in [0.15, 0.2) is 0 Å². The summed E-state index contributed by atoms with van der Waals surface area (Å²) in [5, 5.41) is 6.24. The molecule has 1 saturated heterocycles. The van der Waals surface area contributed by atoms with Gasteiger partial charge in [0.05, 0.1) is 17.7 Å². The quantitative estimate of drug-likeness (QED) is 0.876. The molecule has 0 saturated carbocycles. The minimum absolute atomic E-state index is 0.0563. The van der Waals surface area contributed by atoms with Crippen LogP contribution in [0.2, 0.25) is 0 Å². The minimum Gasteiger partial charge on any atom is -0.489 e. The molecular formula is C15H22N2O2. The first kappa shape index (κ1) is 13.9. The van der Waals surface area contributed by atoms with Gasteiger partial charge in [0.2, 0.25) is 5.91 Å². The van der Waals surface area contributed by atoms with E-state index in [1.165, 1.54) is 0 Å². The van der Waals surface area contributed by atoms with Gasteiger partial charge >= 0.3 is 0 Å². The number of benzene rings is 1. The highest BCUT2D eigenvalue weighted by Gasteiger charge is 2.21. The van der Waals surface area contributed by atoms with Crippen molar-refractivity contribution < 1.29 is 9.53 Å². The number of carbonyl (C=O) groups excluding carboxylic acids is 1. The molecule has 0 radical (unpaired) electrons. The number of nitrogens with one attached hydrogen (secondary N) is 2. The maximum Gasteiger partial charge on any atom is 0.228 e. The molecular weight excluding hydrogens is 240 g/mol. The molecule has 1 heterocycles. The van der Waals surface area contributed by atoms with E-state index >= 15 is 0 Å². The molecule has 0 bridgehead atoms. The van der Waals surface area contributed by atoms with Crippen molar-refractivity contribution >= 4 is 11.6 Å². The lowest BCUT2D eigenvalue weighted by Crippen LogP contribution is -2.37. The molecule has 1 aromatic rings. The molecule has 0 spiro atoms. The highest BCUT2D eigenvalue weighted by Crippen LogP contribution is 2.26. The standard InChI is InChI=1S/C15H22N2O2/c1-11(2)19-14-8-4-3-7-13(14)17-15(18)12-6-5-9-16-10-12/h3-4,7-8,11-12,16H,5-6,9-10H2,1-2H3,(H,17,18). The third-order valence-corrected chi connectivity index (χ3v) is 3.18. The molecule has 2 rings (SSSR count). The van der Waals surface area contributed by atoms with Crippen molar-refractivity contribution in [1.82, 2.24) is 5.32 Å². The highest BCUT2D eigenvalue weighted by atomic mass is 16.5. The molecule has 1 aliphatic rings. The molecule has 0 aromatic heterocycles. The first-order chi connectivity index (χ1) is 9.16. The first-order valence-corrected chi connectivity index (χ1v) is 6.94. The summed E-state index contributed by atoms with van der Waals surface area (Å²) in [4.78, 5) is 12.2. The number of anilines is 1. The highest BCUT2D eigenvalue weighted by molar-refractivity contribution is 5.94. The Bertz CT molecular complexity index is 426. The first-order valence-electron chi connectivity index (χ1n) is 6.94. The van der Waals surface area contributed by atoms with Crippen LogP contribution in [0, 0.1) is 5.92 Å².